The molecule has 2 unspecified atom stereocenters. The van der Waals surface area contributed by atoms with Crippen molar-refractivity contribution in [3.63, 3.8) is 0 Å². The van der Waals surface area contributed by atoms with Gasteiger partial charge < -0.3 is 4.57 Å². The Bertz CT molecular complexity index is 1590. The van der Waals surface area contributed by atoms with Gasteiger partial charge in [-0.2, -0.15) is 0 Å². The normalized spacial score (nSPS) is 27.3. The molecule has 2 heterocycles. The number of phosphoric ester groups is 1. The highest BCUT2D eigenvalue weighted by molar-refractivity contribution is 7.48. The number of hydrogen-bond donors (Lipinski definition) is 0. The van der Waals surface area contributed by atoms with E-state index in [0.717, 1.165) is 41.6 Å². The van der Waals surface area contributed by atoms with Gasteiger partial charge in [0.2, 0.25) is 0 Å². The minimum absolute atomic E-state index is 0.104. The molecule has 0 radical (unpaired) electrons. The Kier molecular flexibility index (Phi) is 7.33. The van der Waals surface area contributed by atoms with Gasteiger partial charge in [-0.1, -0.05) is 72.8 Å². The van der Waals surface area contributed by atoms with Crippen molar-refractivity contribution in [1.82, 2.24) is 9.55 Å². The molecule has 3 aromatic carbocycles. The van der Waals surface area contributed by atoms with Crippen molar-refractivity contribution >= 4 is 7.82 Å². The molecule has 1 aromatic heterocycles. The summed E-state index contributed by atoms with van der Waals surface area (Å²) in [5.41, 5.74) is 4.04. The molecule has 1 aliphatic heterocycles. The molecular formula is C36H38FN2O4P. The molecule has 2 atom stereocenters. The van der Waals surface area contributed by atoms with Crippen molar-refractivity contribution in [2.24, 2.45) is 23.2 Å². The Labute approximate surface area is 258 Å². The van der Waals surface area contributed by atoms with Gasteiger partial charge in [0, 0.05) is 11.1 Å². The van der Waals surface area contributed by atoms with Crippen molar-refractivity contribution in [1.29, 1.82) is 0 Å². The van der Waals surface area contributed by atoms with Gasteiger partial charge in [-0.25, -0.2) is 13.9 Å². The third-order valence-corrected chi connectivity index (χ3v) is 12.0. The maximum atomic E-state index is 15.6. The van der Waals surface area contributed by atoms with Crippen molar-refractivity contribution in [2.45, 2.75) is 70.3 Å². The summed E-state index contributed by atoms with van der Waals surface area (Å²) < 4.78 is 51.6. The van der Waals surface area contributed by atoms with Gasteiger partial charge in [-0.15, -0.1) is 0 Å². The van der Waals surface area contributed by atoms with Gasteiger partial charge >= 0.3 is 7.82 Å². The third kappa shape index (κ3) is 5.28. The molecule has 0 amide bonds. The summed E-state index contributed by atoms with van der Waals surface area (Å²) in [5.74, 6) is 1.72. The van der Waals surface area contributed by atoms with Crippen molar-refractivity contribution in [3.8, 4) is 11.3 Å². The van der Waals surface area contributed by atoms with Crippen LogP contribution in [0.3, 0.4) is 0 Å². The second-order valence-electron chi connectivity index (χ2n) is 13.5. The summed E-state index contributed by atoms with van der Waals surface area (Å²) in [5, 5.41) is 0. The molecule has 8 heteroatoms. The SMILES string of the molecule is O=P(OCc1ccccc1)(OCc1ccccc1)OC(CC1c2c(F)cccc2-c2cncn21)C12CC3CC(CC(C3)C1)C2. The predicted octanol–water partition coefficient (Wildman–Crippen LogP) is 9.13. The Morgan fingerprint density at radius 1 is 0.841 bits per heavy atom. The highest BCUT2D eigenvalue weighted by Gasteiger charge is 2.57. The lowest BCUT2D eigenvalue weighted by molar-refractivity contribution is -0.123. The zero-order valence-corrected chi connectivity index (χ0v) is 25.7. The summed E-state index contributed by atoms with van der Waals surface area (Å²) in [6, 6.07) is 24.3. The Morgan fingerprint density at radius 2 is 1.43 bits per heavy atom. The van der Waals surface area contributed by atoms with Gasteiger partial charge in [0.05, 0.1) is 43.6 Å². The number of phosphoric acid groups is 1. The molecule has 4 saturated carbocycles. The summed E-state index contributed by atoms with van der Waals surface area (Å²) in [6.07, 6.45) is 10.5. The van der Waals surface area contributed by atoms with Crippen LogP contribution in [0, 0.1) is 29.0 Å². The number of rotatable bonds is 11. The highest BCUT2D eigenvalue weighted by Crippen LogP contribution is 2.66. The van der Waals surface area contributed by atoms with Crippen LogP contribution in [0.1, 0.15) is 67.7 Å². The fourth-order valence-corrected chi connectivity index (χ4v) is 10.6. The van der Waals surface area contributed by atoms with Gasteiger partial charge in [-0.3, -0.25) is 13.6 Å². The zero-order valence-electron chi connectivity index (χ0n) is 24.8. The average Bonchev–Trinajstić information content (AvgIpc) is 3.62. The first-order chi connectivity index (χ1) is 21.5. The summed E-state index contributed by atoms with van der Waals surface area (Å²) in [6.45, 7) is 0.208. The van der Waals surface area contributed by atoms with E-state index in [1.54, 1.807) is 18.6 Å². The van der Waals surface area contributed by atoms with E-state index in [1.165, 1.54) is 25.3 Å². The second kappa shape index (κ2) is 11.4. The molecule has 4 aromatic rings. The van der Waals surface area contributed by atoms with E-state index in [1.807, 2.05) is 66.7 Å². The fourth-order valence-electron chi connectivity index (χ4n) is 9.12. The minimum atomic E-state index is -4.07. The van der Waals surface area contributed by atoms with E-state index < -0.39 is 13.9 Å². The molecule has 0 spiro atoms. The first-order valence-corrected chi connectivity index (χ1v) is 17.4. The van der Waals surface area contributed by atoms with Gasteiger partial charge in [0.25, 0.3) is 0 Å². The van der Waals surface area contributed by atoms with E-state index in [-0.39, 0.29) is 30.5 Å². The molecule has 44 heavy (non-hydrogen) atoms. The second-order valence-corrected chi connectivity index (χ2v) is 15.1. The van der Waals surface area contributed by atoms with E-state index >= 15 is 4.39 Å². The third-order valence-electron chi connectivity index (χ3n) is 10.6. The zero-order chi connectivity index (χ0) is 29.7. The number of nitrogens with zero attached hydrogens (tertiary/aromatic N) is 2. The number of halogens is 1. The molecule has 0 N–H and O–H groups in total. The van der Waals surface area contributed by atoms with E-state index in [4.69, 9.17) is 13.6 Å². The number of fused-ring (bicyclic) bond motifs is 3. The van der Waals surface area contributed by atoms with Crippen LogP contribution in [0.4, 0.5) is 4.39 Å². The van der Waals surface area contributed by atoms with Crippen LogP contribution in [0.25, 0.3) is 11.3 Å². The lowest BCUT2D eigenvalue weighted by Crippen LogP contribution is -2.52. The molecular weight excluding hydrogens is 574 g/mol. The molecule has 0 saturated heterocycles. The predicted molar refractivity (Wildman–Crippen MR) is 166 cm³/mol. The first kappa shape index (κ1) is 28.4. The summed E-state index contributed by atoms with van der Waals surface area (Å²) in [4.78, 5) is 4.42. The Balaban J connectivity index is 1.16. The van der Waals surface area contributed by atoms with E-state index in [2.05, 4.69) is 9.55 Å². The van der Waals surface area contributed by atoms with Gasteiger partial charge in [-0.05, 0) is 85.3 Å². The molecule has 4 fully saturated rings. The summed E-state index contributed by atoms with van der Waals surface area (Å²) in [7, 11) is -4.07. The summed E-state index contributed by atoms with van der Waals surface area (Å²) >= 11 is 0. The lowest BCUT2D eigenvalue weighted by Gasteiger charge is -2.59. The topological polar surface area (TPSA) is 62.6 Å². The highest BCUT2D eigenvalue weighted by atomic mass is 31.2. The van der Waals surface area contributed by atoms with Crippen LogP contribution in [-0.2, 0) is 31.4 Å². The molecule has 4 aliphatic carbocycles. The number of aromatic nitrogens is 2. The molecule has 4 bridgehead atoms. The van der Waals surface area contributed by atoms with Crippen molar-refractivity contribution in [2.75, 3.05) is 0 Å². The van der Waals surface area contributed by atoms with Crippen molar-refractivity contribution < 1.29 is 22.5 Å². The Morgan fingerprint density at radius 3 is 2.02 bits per heavy atom. The number of benzene rings is 3. The smallest absolute Gasteiger partial charge is 0.323 e. The molecule has 5 aliphatic rings. The molecule has 6 nitrogen and oxygen atoms in total. The van der Waals surface area contributed by atoms with Crippen molar-refractivity contribution in [3.05, 3.63) is 114 Å². The monoisotopic (exact) mass is 612 g/mol. The average molecular weight is 613 g/mol. The van der Waals surface area contributed by atoms with Crippen LogP contribution < -0.4 is 0 Å². The van der Waals surface area contributed by atoms with Crippen LogP contribution in [0.2, 0.25) is 0 Å². The van der Waals surface area contributed by atoms with Crippen LogP contribution >= 0.6 is 7.82 Å². The first-order valence-electron chi connectivity index (χ1n) is 15.9. The maximum absolute atomic E-state index is 15.6. The largest absolute Gasteiger partial charge is 0.475 e. The van der Waals surface area contributed by atoms with Crippen LogP contribution in [0.5, 0.6) is 0 Å². The van der Waals surface area contributed by atoms with E-state index in [0.29, 0.717) is 29.7 Å². The quantitative estimate of drug-likeness (QED) is 0.158. The lowest BCUT2D eigenvalue weighted by atomic mass is 9.48. The number of imidazole rings is 1. The minimum Gasteiger partial charge on any atom is -0.323 e. The van der Waals surface area contributed by atoms with Gasteiger partial charge in [0.1, 0.15) is 5.82 Å². The van der Waals surface area contributed by atoms with Gasteiger partial charge in [0.15, 0.2) is 0 Å². The maximum Gasteiger partial charge on any atom is 0.475 e. The van der Waals surface area contributed by atoms with Crippen LogP contribution in [0.15, 0.2) is 91.4 Å². The van der Waals surface area contributed by atoms with E-state index in [9.17, 15) is 4.57 Å². The molecule has 228 valence electrons. The molecule has 9 rings (SSSR count). The fraction of sp³-hybridized carbons (Fsp3) is 0.417. The number of hydrogen-bond acceptors (Lipinski definition) is 5. The standard InChI is InChI=1S/C36H38FN2O4P/c37-31-13-7-12-30-33-21-38-24-39(33)32(35(30)31)17-34(36-18-27-14-28(19-36)16-29(15-27)20-36)43-44(40,41-22-25-8-3-1-4-9-25)42-23-26-10-5-2-6-11-26/h1-13,21,24,27-29,32,34H,14-20,22-23H2. The Hall–Kier alpha value is -3.09. The van der Waals surface area contributed by atoms with Crippen LogP contribution in [-0.4, -0.2) is 15.7 Å².